The van der Waals surface area contributed by atoms with Crippen LogP contribution in [0.25, 0.3) is 0 Å². The quantitative estimate of drug-likeness (QED) is 0.625. The minimum absolute atomic E-state index is 0.111. The zero-order chi connectivity index (χ0) is 9.47. The molecule has 70 valence electrons. The molecule has 0 N–H and O–H groups in total. The number of rotatable bonds is 1. The zero-order valence-electron chi connectivity index (χ0n) is 7.34. The van der Waals surface area contributed by atoms with Crippen molar-refractivity contribution in [2.24, 2.45) is 0 Å². The van der Waals surface area contributed by atoms with E-state index in [4.69, 9.17) is 4.52 Å². The molecule has 0 saturated carbocycles. The van der Waals surface area contributed by atoms with Gasteiger partial charge in [-0.3, -0.25) is 4.79 Å². The molecule has 1 aromatic heterocycles. The van der Waals surface area contributed by atoms with Crippen molar-refractivity contribution < 1.29 is 13.7 Å². The number of aryl methyl sites for hydroxylation is 1. The van der Waals surface area contributed by atoms with E-state index < -0.39 is 5.67 Å². The van der Waals surface area contributed by atoms with Crippen molar-refractivity contribution in [1.29, 1.82) is 0 Å². The van der Waals surface area contributed by atoms with Crippen molar-refractivity contribution in [3.63, 3.8) is 0 Å². The molecule has 4 heteroatoms. The van der Waals surface area contributed by atoms with Gasteiger partial charge in [0.15, 0.2) is 12.0 Å². The summed E-state index contributed by atoms with van der Waals surface area (Å²) in [6.45, 7) is 1.47. The van der Waals surface area contributed by atoms with Gasteiger partial charge in [0.2, 0.25) is 0 Å². The van der Waals surface area contributed by atoms with E-state index in [-0.39, 0.29) is 5.69 Å². The number of hydrogen-bond donors (Lipinski definition) is 0. The highest BCUT2D eigenvalue weighted by molar-refractivity contribution is 5.75. The van der Waals surface area contributed by atoms with Crippen LogP contribution in [0.2, 0.25) is 0 Å². The summed E-state index contributed by atoms with van der Waals surface area (Å²) in [4.78, 5) is 10.5. The number of fused-ring (bicyclic) bond motifs is 1. The molecule has 13 heavy (non-hydrogen) atoms. The molecule has 0 aliphatic heterocycles. The first kappa shape index (κ1) is 8.41. The van der Waals surface area contributed by atoms with E-state index >= 15 is 0 Å². The van der Waals surface area contributed by atoms with Crippen LogP contribution in [0.3, 0.4) is 0 Å². The molecule has 0 saturated heterocycles. The van der Waals surface area contributed by atoms with Crippen LogP contribution >= 0.6 is 0 Å². The molecular formula is C9H10FNO2. The number of aromatic nitrogens is 1. The van der Waals surface area contributed by atoms with Crippen LogP contribution < -0.4 is 0 Å². The summed E-state index contributed by atoms with van der Waals surface area (Å²) >= 11 is 0. The number of aldehydes is 1. The largest absolute Gasteiger partial charge is 0.360 e. The summed E-state index contributed by atoms with van der Waals surface area (Å²) in [6, 6.07) is 0. The van der Waals surface area contributed by atoms with Crippen LogP contribution in [0.15, 0.2) is 4.52 Å². The van der Waals surface area contributed by atoms with Gasteiger partial charge < -0.3 is 4.52 Å². The molecule has 0 spiro atoms. The molecule has 0 amide bonds. The number of alkyl halides is 1. The Bertz CT molecular complexity index is 343. The predicted molar refractivity (Wildman–Crippen MR) is 43.3 cm³/mol. The van der Waals surface area contributed by atoms with E-state index in [2.05, 4.69) is 5.16 Å². The molecule has 1 atom stereocenters. The molecule has 2 rings (SSSR count). The lowest BCUT2D eigenvalue weighted by molar-refractivity contribution is 0.110. The van der Waals surface area contributed by atoms with Crippen LogP contribution in [-0.4, -0.2) is 11.4 Å². The van der Waals surface area contributed by atoms with Crippen LogP contribution in [0.5, 0.6) is 0 Å². The van der Waals surface area contributed by atoms with Crippen LogP contribution in [0, 0.1) is 0 Å². The first-order valence-electron chi connectivity index (χ1n) is 4.28. The van der Waals surface area contributed by atoms with Crippen molar-refractivity contribution >= 4 is 6.29 Å². The Morgan fingerprint density at radius 2 is 2.46 bits per heavy atom. The Labute approximate surface area is 74.9 Å². The van der Waals surface area contributed by atoms with Gasteiger partial charge in [-0.1, -0.05) is 5.16 Å². The Balaban J connectivity index is 2.58. The lowest BCUT2D eigenvalue weighted by atomic mass is 9.85. The fraction of sp³-hybridized carbons (Fsp3) is 0.556. The van der Waals surface area contributed by atoms with Gasteiger partial charge >= 0.3 is 0 Å². The monoisotopic (exact) mass is 183 g/mol. The van der Waals surface area contributed by atoms with Gasteiger partial charge in [0.1, 0.15) is 11.4 Å². The molecule has 1 aliphatic rings. The third-order valence-corrected chi connectivity index (χ3v) is 2.47. The topological polar surface area (TPSA) is 43.1 Å². The fourth-order valence-corrected chi connectivity index (χ4v) is 1.85. The molecule has 0 radical (unpaired) electrons. The summed E-state index contributed by atoms with van der Waals surface area (Å²) < 4.78 is 18.8. The van der Waals surface area contributed by atoms with Crippen LogP contribution in [-0.2, 0) is 12.1 Å². The van der Waals surface area contributed by atoms with Gasteiger partial charge in [-0.05, 0) is 19.8 Å². The second-order valence-electron chi connectivity index (χ2n) is 3.53. The number of nitrogens with zero attached hydrogens (tertiary/aromatic N) is 1. The van der Waals surface area contributed by atoms with Crippen molar-refractivity contribution in [3.8, 4) is 0 Å². The Morgan fingerprint density at radius 3 is 3.15 bits per heavy atom. The third-order valence-electron chi connectivity index (χ3n) is 2.47. The maximum absolute atomic E-state index is 13.9. The first-order valence-corrected chi connectivity index (χ1v) is 4.28. The van der Waals surface area contributed by atoms with Crippen LogP contribution in [0.1, 0.15) is 41.6 Å². The average Bonchev–Trinajstić information content (AvgIpc) is 2.48. The van der Waals surface area contributed by atoms with Gasteiger partial charge in [-0.15, -0.1) is 0 Å². The highest BCUT2D eigenvalue weighted by Gasteiger charge is 2.37. The smallest absolute Gasteiger partial charge is 0.172 e. The van der Waals surface area contributed by atoms with Gasteiger partial charge in [0, 0.05) is 6.42 Å². The Hall–Kier alpha value is -1.19. The molecule has 1 aliphatic carbocycles. The second-order valence-corrected chi connectivity index (χ2v) is 3.53. The highest BCUT2D eigenvalue weighted by Crippen LogP contribution is 2.39. The van der Waals surface area contributed by atoms with E-state index in [1.54, 1.807) is 0 Å². The van der Waals surface area contributed by atoms with E-state index in [1.807, 2.05) is 0 Å². The normalized spacial score (nSPS) is 26.9. The summed E-state index contributed by atoms with van der Waals surface area (Å²) in [7, 11) is 0. The molecule has 3 nitrogen and oxygen atoms in total. The van der Waals surface area contributed by atoms with Gasteiger partial charge in [-0.25, -0.2) is 4.39 Å². The number of carbonyl (C=O) groups excluding carboxylic acids is 1. The fourth-order valence-electron chi connectivity index (χ4n) is 1.85. The maximum Gasteiger partial charge on any atom is 0.172 e. The van der Waals surface area contributed by atoms with E-state index in [0.29, 0.717) is 30.5 Å². The van der Waals surface area contributed by atoms with Gasteiger partial charge in [0.05, 0.1) is 5.56 Å². The highest BCUT2D eigenvalue weighted by atomic mass is 19.1. The summed E-state index contributed by atoms with van der Waals surface area (Å²) in [6.07, 6.45) is 2.40. The van der Waals surface area contributed by atoms with E-state index in [1.165, 1.54) is 6.92 Å². The molecule has 1 aromatic rings. The second kappa shape index (κ2) is 2.65. The van der Waals surface area contributed by atoms with Crippen molar-refractivity contribution in [3.05, 3.63) is 17.0 Å². The van der Waals surface area contributed by atoms with E-state index in [0.717, 1.165) is 6.42 Å². The zero-order valence-corrected chi connectivity index (χ0v) is 7.34. The first-order chi connectivity index (χ1) is 6.15. The molecule has 0 aromatic carbocycles. The lowest BCUT2D eigenvalue weighted by Gasteiger charge is -2.24. The Morgan fingerprint density at radius 1 is 1.69 bits per heavy atom. The maximum atomic E-state index is 13.9. The lowest BCUT2D eigenvalue weighted by Crippen LogP contribution is -2.22. The summed E-state index contributed by atoms with van der Waals surface area (Å²) in [5, 5.41) is 3.53. The minimum Gasteiger partial charge on any atom is -0.360 e. The van der Waals surface area contributed by atoms with Crippen molar-refractivity contribution in [2.75, 3.05) is 0 Å². The van der Waals surface area contributed by atoms with Crippen molar-refractivity contribution in [1.82, 2.24) is 5.16 Å². The summed E-state index contributed by atoms with van der Waals surface area (Å²) in [5.41, 5.74) is -0.988. The molecular weight excluding hydrogens is 173 g/mol. The standard InChI is InChI=1S/C9H10FNO2/c1-9(10)4-2-3-7-8(9)6(5-12)11-13-7/h5H,2-4H2,1H3. The van der Waals surface area contributed by atoms with E-state index in [9.17, 15) is 9.18 Å². The molecule has 0 fully saturated rings. The molecule has 1 unspecified atom stereocenters. The average molecular weight is 183 g/mol. The van der Waals surface area contributed by atoms with Gasteiger partial charge in [-0.2, -0.15) is 0 Å². The number of carbonyl (C=O) groups is 1. The molecule has 1 heterocycles. The molecule has 0 bridgehead atoms. The summed E-state index contributed by atoms with van der Waals surface area (Å²) in [5.74, 6) is 0.526. The SMILES string of the molecule is CC1(F)CCCc2onc(C=O)c21. The predicted octanol–water partition coefficient (Wildman–Crippen LogP) is 2.01. The number of halogens is 1. The van der Waals surface area contributed by atoms with Crippen molar-refractivity contribution in [2.45, 2.75) is 31.9 Å². The third kappa shape index (κ3) is 1.17. The van der Waals surface area contributed by atoms with Gasteiger partial charge in [0.25, 0.3) is 0 Å². The number of hydrogen-bond acceptors (Lipinski definition) is 3. The Kier molecular flexibility index (Phi) is 1.71. The van der Waals surface area contributed by atoms with Crippen LogP contribution in [0.4, 0.5) is 4.39 Å². The minimum atomic E-state index is -1.45.